The van der Waals surface area contributed by atoms with Crippen LogP contribution in [0.5, 0.6) is 0 Å². The van der Waals surface area contributed by atoms with E-state index in [4.69, 9.17) is 11.6 Å². The number of pyridine rings is 1. The third kappa shape index (κ3) is 5.42. The Morgan fingerprint density at radius 3 is 2.42 bits per heavy atom. The second kappa shape index (κ2) is 8.01. The fraction of sp³-hybridized carbons (Fsp3) is 0.250. The minimum absolute atomic E-state index is 0.225. The molecule has 0 radical (unpaired) electrons. The zero-order valence-electron chi connectivity index (χ0n) is 12.9. The molecule has 0 amide bonds. The maximum atomic E-state index is 12.7. The maximum absolute atomic E-state index is 12.7. The van der Waals surface area contributed by atoms with Crippen LogP contribution in [0.2, 0.25) is 5.15 Å². The summed E-state index contributed by atoms with van der Waals surface area (Å²) in [5.74, 6) is 0.474. The van der Waals surface area contributed by atoms with E-state index >= 15 is 0 Å². The molecule has 0 fully saturated rings. The Labute approximate surface area is 142 Å². The monoisotopic (exact) mass is 356 g/mol. The van der Waals surface area contributed by atoms with Gasteiger partial charge in [-0.1, -0.05) is 29.8 Å². The van der Waals surface area contributed by atoms with Gasteiger partial charge in [0, 0.05) is 26.3 Å². The number of rotatable bonds is 4. The predicted molar refractivity (Wildman–Crippen MR) is 87.7 cm³/mol. The van der Waals surface area contributed by atoms with Gasteiger partial charge in [0.1, 0.15) is 5.15 Å². The first-order valence-corrected chi connectivity index (χ1v) is 7.47. The van der Waals surface area contributed by atoms with Gasteiger partial charge in [-0.05, 0) is 29.3 Å². The van der Waals surface area contributed by atoms with Gasteiger partial charge in [-0.2, -0.15) is 13.2 Å². The van der Waals surface area contributed by atoms with Crippen LogP contribution < -0.4 is 10.6 Å². The number of hydrogen-bond acceptors (Lipinski definition) is 2. The summed E-state index contributed by atoms with van der Waals surface area (Å²) in [5, 5.41) is 6.43. The number of guanidine groups is 1. The molecule has 2 rings (SSSR count). The lowest BCUT2D eigenvalue weighted by molar-refractivity contribution is -0.137. The SMILES string of the molecule is CN=C(NCc1ccc(Cl)nc1)NCc1cccc(C(F)(F)F)c1. The van der Waals surface area contributed by atoms with E-state index in [1.165, 1.54) is 6.07 Å². The van der Waals surface area contributed by atoms with Gasteiger partial charge in [0.2, 0.25) is 0 Å². The summed E-state index contributed by atoms with van der Waals surface area (Å²) < 4.78 is 38.1. The molecule has 0 aliphatic rings. The minimum Gasteiger partial charge on any atom is -0.352 e. The largest absolute Gasteiger partial charge is 0.416 e. The van der Waals surface area contributed by atoms with Gasteiger partial charge in [0.25, 0.3) is 0 Å². The van der Waals surface area contributed by atoms with Gasteiger partial charge in [-0.3, -0.25) is 4.99 Å². The van der Waals surface area contributed by atoms with Gasteiger partial charge in [0.05, 0.1) is 5.56 Å². The molecular formula is C16H16ClF3N4. The molecule has 4 nitrogen and oxygen atoms in total. The predicted octanol–water partition coefficient (Wildman–Crippen LogP) is 3.62. The van der Waals surface area contributed by atoms with Crippen LogP contribution in [-0.2, 0) is 19.3 Å². The molecule has 2 N–H and O–H groups in total. The van der Waals surface area contributed by atoms with Crippen molar-refractivity contribution in [2.75, 3.05) is 7.05 Å². The highest BCUT2D eigenvalue weighted by Gasteiger charge is 2.30. The number of hydrogen-bond donors (Lipinski definition) is 2. The van der Waals surface area contributed by atoms with Crippen LogP contribution in [0.4, 0.5) is 13.2 Å². The first-order valence-electron chi connectivity index (χ1n) is 7.09. The quantitative estimate of drug-likeness (QED) is 0.500. The Hall–Kier alpha value is -2.28. The Bertz CT molecular complexity index is 699. The van der Waals surface area contributed by atoms with E-state index in [1.54, 1.807) is 25.4 Å². The van der Waals surface area contributed by atoms with Crippen LogP contribution in [0.3, 0.4) is 0 Å². The van der Waals surface area contributed by atoms with Crippen molar-refractivity contribution in [3.8, 4) is 0 Å². The molecule has 0 aliphatic carbocycles. The van der Waals surface area contributed by atoms with Crippen molar-refractivity contribution in [2.45, 2.75) is 19.3 Å². The molecule has 1 heterocycles. The number of nitrogens with zero attached hydrogens (tertiary/aromatic N) is 2. The Morgan fingerprint density at radius 1 is 1.12 bits per heavy atom. The summed E-state index contributed by atoms with van der Waals surface area (Å²) in [7, 11) is 1.58. The highest BCUT2D eigenvalue weighted by atomic mass is 35.5. The smallest absolute Gasteiger partial charge is 0.352 e. The van der Waals surface area contributed by atoms with Crippen molar-refractivity contribution in [1.29, 1.82) is 0 Å². The topological polar surface area (TPSA) is 49.3 Å². The summed E-state index contributed by atoms with van der Waals surface area (Å²) in [5.41, 5.74) is 0.749. The number of nitrogens with one attached hydrogen (secondary N) is 2. The van der Waals surface area contributed by atoms with Gasteiger partial charge in [-0.25, -0.2) is 4.98 Å². The standard InChI is InChI=1S/C16H16ClF3N4/c1-21-15(24-10-12-5-6-14(17)22-9-12)23-8-11-3-2-4-13(7-11)16(18,19)20/h2-7,9H,8,10H2,1H3,(H2,21,23,24). The zero-order chi connectivity index (χ0) is 17.6. The average molecular weight is 357 g/mol. The van der Waals surface area contributed by atoms with Crippen LogP contribution in [0.15, 0.2) is 47.6 Å². The molecule has 0 saturated carbocycles. The molecule has 2 aromatic rings. The minimum atomic E-state index is -4.35. The summed E-state index contributed by atoms with van der Waals surface area (Å²) in [6, 6.07) is 8.67. The summed E-state index contributed by atoms with van der Waals surface area (Å²) in [6.45, 7) is 0.689. The molecule has 0 unspecified atom stereocenters. The molecule has 0 spiro atoms. The van der Waals surface area contributed by atoms with Crippen molar-refractivity contribution < 1.29 is 13.2 Å². The number of alkyl halides is 3. The van der Waals surface area contributed by atoms with Crippen LogP contribution in [0.25, 0.3) is 0 Å². The number of halogens is 4. The molecule has 128 valence electrons. The lowest BCUT2D eigenvalue weighted by Crippen LogP contribution is -2.36. The molecular weight excluding hydrogens is 341 g/mol. The van der Waals surface area contributed by atoms with E-state index in [0.717, 1.165) is 17.7 Å². The third-order valence-electron chi connectivity index (χ3n) is 3.19. The van der Waals surface area contributed by atoms with Crippen LogP contribution in [0.1, 0.15) is 16.7 Å². The molecule has 0 atom stereocenters. The van der Waals surface area contributed by atoms with E-state index < -0.39 is 11.7 Å². The summed E-state index contributed by atoms with van der Waals surface area (Å²) in [6.07, 6.45) is -2.72. The second-order valence-electron chi connectivity index (χ2n) is 4.97. The van der Waals surface area contributed by atoms with Gasteiger partial charge < -0.3 is 10.6 Å². The average Bonchev–Trinajstić information content (AvgIpc) is 2.56. The normalized spacial score (nSPS) is 12.1. The number of aliphatic imine (C=N–C) groups is 1. The second-order valence-corrected chi connectivity index (χ2v) is 5.35. The fourth-order valence-corrected chi connectivity index (χ4v) is 2.07. The Balaban J connectivity index is 1.91. The first-order chi connectivity index (χ1) is 11.4. The first kappa shape index (κ1) is 18.1. The summed E-state index contributed by atoms with van der Waals surface area (Å²) in [4.78, 5) is 8.00. The highest BCUT2D eigenvalue weighted by molar-refractivity contribution is 6.29. The number of aromatic nitrogens is 1. The molecule has 0 aliphatic heterocycles. The molecule has 0 bridgehead atoms. The molecule has 24 heavy (non-hydrogen) atoms. The van der Waals surface area contributed by atoms with Gasteiger partial charge >= 0.3 is 6.18 Å². The van der Waals surface area contributed by atoms with E-state index in [1.807, 2.05) is 6.07 Å². The van der Waals surface area contributed by atoms with Gasteiger partial charge in [0.15, 0.2) is 5.96 Å². The summed E-state index contributed by atoms with van der Waals surface area (Å²) >= 11 is 5.72. The fourth-order valence-electron chi connectivity index (χ4n) is 1.96. The molecule has 0 saturated heterocycles. The molecule has 1 aromatic carbocycles. The van der Waals surface area contributed by atoms with Crippen molar-refractivity contribution >= 4 is 17.6 Å². The van der Waals surface area contributed by atoms with Crippen LogP contribution in [0, 0.1) is 0 Å². The van der Waals surface area contributed by atoms with Gasteiger partial charge in [-0.15, -0.1) is 0 Å². The van der Waals surface area contributed by atoms with E-state index in [0.29, 0.717) is 23.2 Å². The molecule has 1 aromatic heterocycles. The van der Waals surface area contributed by atoms with Crippen LogP contribution in [-0.4, -0.2) is 18.0 Å². The van der Waals surface area contributed by atoms with E-state index in [-0.39, 0.29) is 6.54 Å². The highest BCUT2D eigenvalue weighted by Crippen LogP contribution is 2.29. The van der Waals surface area contributed by atoms with Crippen molar-refractivity contribution in [2.24, 2.45) is 4.99 Å². The van der Waals surface area contributed by atoms with Crippen molar-refractivity contribution in [3.05, 3.63) is 64.4 Å². The maximum Gasteiger partial charge on any atom is 0.416 e. The lowest BCUT2D eigenvalue weighted by atomic mass is 10.1. The van der Waals surface area contributed by atoms with E-state index in [2.05, 4.69) is 20.6 Å². The Morgan fingerprint density at radius 2 is 1.83 bits per heavy atom. The third-order valence-corrected chi connectivity index (χ3v) is 3.41. The Kier molecular flexibility index (Phi) is 6.03. The zero-order valence-corrected chi connectivity index (χ0v) is 13.6. The molecule has 8 heteroatoms. The van der Waals surface area contributed by atoms with Crippen molar-refractivity contribution in [1.82, 2.24) is 15.6 Å². The van der Waals surface area contributed by atoms with Crippen molar-refractivity contribution in [3.63, 3.8) is 0 Å². The number of benzene rings is 1. The lowest BCUT2D eigenvalue weighted by Gasteiger charge is -2.13. The van der Waals surface area contributed by atoms with E-state index in [9.17, 15) is 13.2 Å². The van der Waals surface area contributed by atoms with Crippen LogP contribution >= 0.6 is 11.6 Å².